The summed E-state index contributed by atoms with van der Waals surface area (Å²) in [5, 5.41) is -0.359. The number of unbranched alkanes of at least 4 members (excludes halogenated alkanes) is 3. The van der Waals surface area contributed by atoms with Crippen LogP contribution in [0.1, 0.15) is 32.1 Å². The van der Waals surface area contributed by atoms with Crippen LogP contribution in [0.15, 0.2) is 12.2 Å². The van der Waals surface area contributed by atoms with E-state index >= 15 is 0 Å². The van der Waals surface area contributed by atoms with Gasteiger partial charge in [0.2, 0.25) is 5.24 Å². The van der Waals surface area contributed by atoms with E-state index in [2.05, 4.69) is 0 Å². The Kier molecular flexibility index (Phi) is 6.96. The third-order valence-corrected chi connectivity index (χ3v) is 1.57. The van der Waals surface area contributed by atoms with Crippen molar-refractivity contribution in [3.8, 4) is 0 Å². The molecule has 0 aromatic rings. The van der Waals surface area contributed by atoms with Gasteiger partial charge in [0.1, 0.15) is 0 Å². The van der Waals surface area contributed by atoms with Crippen LogP contribution in [-0.2, 0) is 4.79 Å². The molecule has 0 spiro atoms. The first-order valence-corrected chi connectivity index (χ1v) is 4.20. The smallest absolute Gasteiger partial charge is 0.266 e. The van der Waals surface area contributed by atoms with Crippen molar-refractivity contribution in [2.45, 2.75) is 32.1 Å². The van der Waals surface area contributed by atoms with E-state index in [1.54, 1.807) is 0 Å². The van der Waals surface area contributed by atoms with Gasteiger partial charge in [-0.3, -0.25) is 4.79 Å². The van der Waals surface area contributed by atoms with Crippen LogP contribution >= 0.6 is 11.6 Å². The third-order valence-electron chi connectivity index (χ3n) is 1.38. The Bertz CT molecular complexity index is 164. The van der Waals surface area contributed by atoms with Crippen molar-refractivity contribution in [2.75, 3.05) is 0 Å². The lowest BCUT2D eigenvalue weighted by molar-refractivity contribution is -0.111. The van der Waals surface area contributed by atoms with Gasteiger partial charge in [0.05, 0.1) is 0 Å². The first-order chi connectivity index (χ1) is 5.63. The predicted octanol–water partition coefficient (Wildman–Crippen LogP) is 3.48. The van der Waals surface area contributed by atoms with E-state index in [9.17, 15) is 13.6 Å². The molecule has 0 aliphatic heterocycles. The van der Waals surface area contributed by atoms with Gasteiger partial charge in [-0.25, -0.2) is 0 Å². The zero-order valence-corrected chi connectivity index (χ0v) is 7.41. The molecule has 4 heteroatoms. The summed E-state index contributed by atoms with van der Waals surface area (Å²) >= 11 is 5.07. The molecule has 0 radical (unpaired) electrons. The van der Waals surface area contributed by atoms with Crippen molar-refractivity contribution in [3.05, 3.63) is 12.2 Å². The molecule has 0 fully saturated rings. The minimum atomic E-state index is -1.64. The second-order valence-electron chi connectivity index (χ2n) is 2.45. The molecular formula is C8H11ClF2O. The van der Waals surface area contributed by atoms with Gasteiger partial charge in [-0.2, -0.15) is 8.78 Å². The molecule has 0 aromatic heterocycles. The van der Waals surface area contributed by atoms with Gasteiger partial charge in [-0.05, 0) is 36.9 Å². The van der Waals surface area contributed by atoms with Crippen molar-refractivity contribution < 1.29 is 13.6 Å². The van der Waals surface area contributed by atoms with Crippen LogP contribution in [0.5, 0.6) is 0 Å². The molecule has 0 bridgehead atoms. The fraction of sp³-hybridized carbons (Fsp3) is 0.625. The first kappa shape index (κ1) is 11.6. The highest BCUT2D eigenvalue weighted by molar-refractivity contribution is 6.63. The van der Waals surface area contributed by atoms with E-state index in [4.69, 9.17) is 11.6 Å². The van der Waals surface area contributed by atoms with Gasteiger partial charge in [-0.1, -0.05) is 6.42 Å². The van der Waals surface area contributed by atoms with Crippen LogP contribution in [0.25, 0.3) is 0 Å². The molecule has 0 rings (SSSR count). The van der Waals surface area contributed by atoms with Gasteiger partial charge < -0.3 is 0 Å². The predicted molar refractivity (Wildman–Crippen MR) is 44.2 cm³/mol. The summed E-state index contributed by atoms with van der Waals surface area (Å²) in [6, 6.07) is 0. The van der Waals surface area contributed by atoms with Crippen LogP contribution in [0.4, 0.5) is 8.78 Å². The van der Waals surface area contributed by atoms with Crippen LogP contribution in [0.3, 0.4) is 0 Å². The number of carbonyl (C=O) groups is 1. The molecule has 0 amide bonds. The molecule has 12 heavy (non-hydrogen) atoms. The van der Waals surface area contributed by atoms with Crippen molar-refractivity contribution in [1.29, 1.82) is 0 Å². The lowest BCUT2D eigenvalue weighted by Gasteiger charge is -1.93. The maximum Gasteiger partial charge on any atom is 0.266 e. The van der Waals surface area contributed by atoms with E-state index in [1.807, 2.05) is 0 Å². The molecule has 0 aliphatic rings. The topological polar surface area (TPSA) is 17.1 Å². The largest absolute Gasteiger partial charge is 0.281 e. The highest BCUT2D eigenvalue weighted by Gasteiger charge is 1.95. The second kappa shape index (κ2) is 7.22. The number of rotatable bonds is 6. The minimum absolute atomic E-state index is 0.337. The molecule has 0 saturated carbocycles. The summed E-state index contributed by atoms with van der Waals surface area (Å²) < 4.78 is 22.9. The fourth-order valence-electron chi connectivity index (χ4n) is 0.796. The van der Waals surface area contributed by atoms with Gasteiger partial charge in [0.25, 0.3) is 6.08 Å². The SMILES string of the molecule is O=C(Cl)CCCCCC=C(F)F. The van der Waals surface area contributed by atoms with Crippen molar-refractivity contribution in [2.24, 2.45) is 0 Å². The minimum Gasteiger partial charge on any atom is -0.281 e. The Hall–Kier alpha value is -0.440. The van der Waals surface area contributed by atoms with E-state index < -0.39 is 6.08 Å². The molecule has 70 valence electrons. The quantitative estimate of drug-likeness (QED) is 0.470. The zero-order valence-electron chi connectivity index (χ0n) is 6.66. The number of hydrogen-bond acceptors (Lipinski definition) is 1. The summed E-state index contributed by atoms with van der Waals surface area (Å²) in [4.78, 5) is 10.2. The van der Waals surface area contributed by atoms with E-state index in [-0.39, 0.29) is 5.24 Å². The molecule has 0 heterocycles. The molecule has 0 N–H and O–H groups in total. The Morgan fingerprint density at radius 2 is 1.92 bits per heavy atom. The Balaban J connectivity index is 3.11. The van der Waals surface area contributed by atoms with Gasteiger partial charge in [-0.15, -0.1) is 0 Å². The summed E-state index contributed by atoms with van der Waals surface area (Å²) in [6.07, 6.45) is 2.10. The van der Waals surface area contributed by atoms with Crippen molar-refractivity contribution in [1.82, 2.24) is 0 Å². The normalized spacial score (nSPS) is 9.58. The summed E-state index contributed by atoms with van der Waals surface area (Å²) in [6.45, 7) is 0. The number of hydrogen-bond donors (Lipinski definition) is 0. The fourth-order valence-corrected chi connectivity index (χ4v) is 0.930. The molecule has 0 unspecified atom stereocenters. The van der Waals surface area contributed by atoms with Gasteiger partial charge in [0, 0.05) is 6.42 Å². The van der Waals surface area contributed by atoms with E-state index in [1.165, 1.54) is 0 Å². The maximum atomic E-state index is 11.5. The average Bonchev–Trinajstić information content (AvgIpc) is 1.95. The highest BCUT2D eigenvalue weighted by Crippen LogP contribution is 2.07. The molecule has 0 saturated heterocycles. The Labute approximate surface area is 75.4 Å². The summed E-state index contributed by atoms with van der Waals surface area (Å²) in [5.74, 6) is 0. The molecule has 1 nitrogen and oxygen atoms in total. The number of halogens is 3. The van der Waals surface area contributed by atoms with Crippen LogP contribution in [0.2, 0.25) is 0 Å². The van der Waals surface area contributed by atoms with E-state index in [0.717, 1.165) is 12.5 Å². The average molecular weight is 197 g/mol. The third kappa shape index (κ3) is 9.56. The van der Waals surface area contributed by atoms with Crippen molar-refractivity contribution >= 4 is 16.8 Å². The standard InChI is InChI=1S/C8H11ClF2O/c9-7(12)5-3-1-2-4-6-8(10)11/h6H,1-5H2. The summed E-state index contributed by atoms with van der Waals surface area (Å²) in [5.41, 5.74) is 0. The number of allylic oxidation sites excluding steroid dienone is 1. The van der Waals surface area contributed by atoms with Gasteiger partial charge >= 0.3 is 0 Å². The zero-order chi connectivity index (χ0) is 9.40. The monoisotopic (exact) mass is 196 g/mol. The van der Waals surface area contributed by atoms with Gasteiger partial charge in [0.15, 0.2) is 0 Å². The Morgan fingerprint density at radius 1 is 1.25 bits per heavy atom. The summed E-state index contributed by atoms with van der Waals surface area (Å²) in [7, 11) is 0. The second-order valence-corrected chi connectivity index (χ2v) is 2.87. The van der Waals surface area contributed by atoms with Crippen LogP contribution < -0.4 is 0 Å². The maximum absolute atomic E-state index is 11.5. The molecule has 0 aliphatic carbocycles. The van der Waals surface area contributed by atoms with E-state index in [0.29, 0.717) is 25.7 Å². The lowest BCUT2D eigenvalue weighted by Crippen LogP contribution is -1.85. The molecule has 0 atom stereocenters. The molecule has 0 aromatic carbocycles. The molecular weight excluding hydrogens is 186 g/mol. The lowest BCUT2D eigenvalue weighted by atomic mass is 10.1. The Morgan fingerprint density at radius 3 is 2.42 bits per heavy atom. The number of carbonyl (C=O) groups excluding carboxylic acids is 1. The van der Waals surface area contributed by atoms with Crippen molar-refractivity contribution in [3.63, 3.8) is 0 Å². The van der Waals surface area contributed by atoms with Crippen LogP contribution in [-0.4, -0.2) is 5.24 Å². The first-order valence-electron chi connectivity index (χ1n) is 3.82. The van der Waals surface area contributed by atoms with Crippen LogP contribution in [0, 0.1) is 0 Å². The highest BCUT2D eigenvalue weighted by atomic mass is 35.5.